The third-order valence-electron chi connectivity index (χ3n) is 3.44. The van der Waals surface area contributed by atoms with E-state index < -0.39 is 0 Å². The van der Waals surface area contributed by atoms with Crippen LogP contribution in [0.3, 0.4) is 0 Å². The second kappa shape index (κ2) is 4.40. The van der Waals surface area contributed by atoms with Gasteiger partial charge in [0.2, 0.25) is 0 Å². The van der Waals surface area contributed by atoms with E-state index in [0.717, 1.165) is 0 Å². The molecular weight excluding hydrogens is 212 g/mol. The molecule has 0 amide bonds. The van der Waals surface area contributed by atoms with E-state index in [-0.39, 0.29) is 6.04 Å². The van der Waals surface area contributed by atoms with Crippen molar-refractivity contribution in [2.45, 2.75) is 38.6 Å². The molecule has 17 heavy (non-hydrogen) atoms. The van der Waals surface area contributed by atoms with Crippen molar-refractivity contribution in [1.82, 2.24) is 0 Å². The summed E-state index contributed by atoms with van der Waals surface area (Å²) >= 11 is 0. The van der Waals surface area contributed by atoms with Gasteiger partial charge in [-0.25, -0.2) is 4.99 Å². The molecule has 1 aromatic carbocycles. The largest absolute Gasteiger partial charge is 0.463 e. The normalized spacial score (nSPS) is 22.6. The lowest BCUT2D eigenvalue weighted by Gasteiger charge is -2.19. The second-order valence-electron chi connectivity index (χ2n) is 4.87. The van der Waals surface area contributed by atoms with Crippen LogP contribution < -0.4 is 5.32 Å². The summed E-state index contributed by atoms with van der Waals surface area (Å²) in [6.45, 7) is 2.76. The third kappa shape index (κ3) is 2.14. The maximum absolute atomic E-state index is 5.50. The summed E-state index contributed by atoms with van der Waals surface area (Å²) in [4.78, 5) is 4.42. The van der Waals surface area contributed by atoms with Crippen LogP contribution in [0, 0.1) is 0 Å². The van der Waals surface area contributed by atoms with E-state index in [2.05, 4.69) is 35.4 Å². The van der Waals surface area contributed by atoms with E-state index in [9.17, 15) is 0 Å². The highest BCUT2D eigenvalue weighted by molar-refractivity contribution is 5.91. The molecule has 1 N–H and O–H groups in total. The first-order chi connectivity index (χ1) is 8.33. The predicted molar refractivity (Wildman–Crippen MR) is 69.6 cm³/mol. The number of hydrogen-bond acceptors (Lipinski definition) is 3. The highest BCUT2D eigenvalue weighted by atomic mass is 16.5. The zero-order chi connectivity index (χ0) is 11.7. The molecule has 0 unspecified atom stereocenters. The highest BCUT2D eigenvalue weighted by Gasteiger charge is 2.17. The smallest absolute Gasteiger partial charge is 0.289 e. The highest BCUT2D eigenvalue weighted by Crippen LogP contribution is 2.28. The average Bonchev–Trinajstić information content (AvgIpc) is 2.75. The number of rotatable bonds is 1. The number of ether oxygens (including phenoxy) is 1. The minimum absolute atomic E-state index is 0.275. The van der Waals surface area contributed by atoms with Gasteiger partial charge < -0.3 is 10.1 Å². The molecule has 0 spiro atoms. The predicted octanol–water partition coefficient (Wildman–Crippen LogP) is 2.75. The van der Waals surface area contributed by atoms with Crippen molar-refractivity contribution in [3.8, 4) is 0 Å². The molecule has 0 saturated heterocycles. The standard InChI is InChI=1S/C14H18N2O/c1-10-9-17-14(15-10)16-13-8-4-6-11-5-2-3-7-12(11)13/h4,6,8,10H,2-3,5,7,9H2,1H3,(H,15,16)/t10-/m0/s1. The Morgan fingerprint density at radius 2 is 2.18 bits per heavy atom. The maximum Gasteiger partial charge on any atom is 0.289 e. The molecule has 3 rings (SSSR count). The molecule has 0 saturated carbocycles. The Hall–Kier alpha value is -1.51. The van der Waals surface area contributed by atoms with Crippen LogP contribution in [-0.2, 0) is 17.6 Å². The fourth-order valence-corrected chi connectivity index (χ4v) is 2.56. The van der Waals surface area contributed by atoms with E-state index in [1.807, 2.05) is 0 Å². The zero-order valence-corrected chi connectivity index (χ0v) is 10.2. The van der Waals surface area contributed by atoms with Crippen molar-refractivity contribution in [2.75, 3.05) is 11.9 Å². The molecule has 0 fully saturated rings. The van der Waals surface area contributed by atoms with Gasteiger partial charge in [-0.1, -0.05) is 12.1 Å². The summed E-state index contributed by atoms with van der Waals surface area (Å²) in [6.07, 6.45) is 4.97. The molecular formula is C14H18N2O. The minimum atomic E-state index is 0.275. The van der Waals surface area contributed by atoms with E-state index in [1.165, 1.54) is 42.5 Å². The fraction of sp³-hybridized carbons (Fsp3) is 0.500. The van der Waals surface area contributed by atoms with Crippen molar-refractivity contribution >= 4 is 11.7 Å². The lowest BCUT2D eigenvalue weighted by Crippen LogP contribution is -2.15. The topological polar surface area (TPSA) is 33.6 Å². The molecule has 0 aromatic heterocycles. The van der Waals surface area contributed by atoms with Crippen molar-refractivity contribution in [3.63, 3.8) is 0 Å². The van der Waals surface area contributed by atoms with Crippen molar-refractivity contribution < 1.29 is 4.74 Å². The number of fused-ring (bicyclic) bond motifs is 1. The molecule has 1 aliphatic heterocycles. The zero-order valence-electron chi connectivity index (χ0n) is 10.2. The fourth-order valence-electron chi connectivity index (χ4n) is 2.56. The van der Waals surface area contributed by atoms with Crippen LogP contribution in [-0.4, -0.2) is 18.7 Å². The van der Waals surface area contributed by atoms with Crippen molar-refractivity contribution in [3.05, 3.63) is 29.3 Å². The number of nitrogens with zero attached hydrogens (tertiary/aromatic N) is 1. The van der Waals surface area contributed by atoms with Crippen LogP contribution in [0.25, 0.3) is 0 Å². The van der Waals surface area contributed by atoms with Gasteiger partial charge in [0.15, 0.2) is 0 Å². The van der Waals surface area contributed by atoms with Gasteiger partial charge in [-0.3, -0.25) is 0 Å². The Labute approximate surface area is 102 Å². The molecule has 0 radical (unpaired) electrons. The monoisotopic (exact) mass is 230 g/mol. The van der Waals surface area contributed by atoms with Crippen LogP contribution >= 0.6 is 0 Å². The number of nitrogens with one attached hydrogen (secondary N) is 1. The van der Waals surface area contributed by atoms with Gasteiger partial charge in [0.05, 0.1) is 6.04 Å². The van der Waals surface area contributed by atoms with Crippen molar-refractivity contribution in [1.29, 1.82) is 0 Å². The summed E-state index contributed by atoms with van der Waals surface area (Å²) in [5.41, 5.74) is 4.10. The number of hydrogen-bond donors (Lipinski definition) is 1. The van der Waals surface area contributed by atoms with Crippen LogP contribution in [0.1, 0.15) is 30.9 Å². The summed E-state index contributed by atoms with van der Waals surface area (Å²) in [6, 6.07) is 7.43. The number of aryl methyl sites for hydroxylation is 1. The van der Waals surface area contributed by atoms with Crippen molar-refractivity contribution in [2.24, 2.45) is 4.99 Å². The molecule has 1 heterocycles. The lowest BCUT2D eigenvalue weighted by atomic mass is 9.90. The van der Waals surface area contributed by atoms with Crippen LogP contribution in [0.15, 0.2) is 23.2 Å². The summed E-state index contributed by atoms with van der Waals surface area (Å²) in [5, 5.41) is 3.33. The molecule has 1 atom stereocenters. The Balaban J connectivity index is 1.85. The first-order valence-electron chi connectivity index (χ1n) is 6.41. The third-order valence-corrected chi connectivity index (χ3v) is 3.44. The quantitative estimate of drug-likeness (QED) is 0.804. The Morgan fingerprint density at radius 1 is 1.29 bits per heavy atom. The van der Waals surface area contributed by atoms with E-state index in [0.29, 0.717) is 12.6 Å². The SMILES string of the molecule is C[C@H]1COC(Nc2cccc3c2CCCC3)=N1. The van der Waals surface area contributed by atoms with Gasteiger partial charge in [-0.2, -0.15) is 0 Å². The van der Waals surface area contributed by atoms with Gasteiger partial charge >= 0.3 is 0 Å². The molecule has 3 nitrogen and oxygen atoms in total. The maximum atomic E-state index is 5.50. The average molecular weight is 230 g/mol. The second-order valence-corrected chi connectivity index (χ2v) is 4.87. The molecule has 3 heteroatoms. The number of benzene rings is 1. The lowest BCUT2D eigenvalue weighted by molar-refractivity contribution is 0.322. The van der Waals surface area contributed by atoms with E-state index in [1.54, 1.807) is 0 Å². The van der Waals surface area contributed by atoms with Gasteiger partial charge in [-0.15, -0.1) is 0 Å². The van der Waals surface area contributed by atoms with Crippen LogP contribution in [0.2, 0.25) is 0 Å². The molecule has 0 bridgehead atoms. The molecule has 90 valence electrons. The Kier molecular flexibility index (Phi) is 2.75. The van der Waals surface area contributed by atoms with Gasteiger partial charge in [-0.05, 0) is 49.8 Å². The van der Waals surface area contributed by atoms with Crippen LogP contribution in [0.4, 0.5) is 5.69 Å². The first-order valence-corrected chi connectivity index (χ1v) is 6.41. The van der Waals surface area contributed by atoms with Gasteiger partial charge in [0, 0.05) is 5.69 Å². The molecule has 2 aliphatic rings. The summed E-state index contributed by atoms with van der Waals surface area (Å²) in [5.74, 6) is 0. The number of amidine groups is 1. The molecule has 1 aliphatic carbocycles. The van der Waals surface area contributed by atoms with Crippen LogP contribution in [0.5, 0.6) is 0 Å². The van der Waals surface area contributed by atoms with Gasteiger partial charge in [0.25, 0.3) is 6.02 Å². The summed E-state index contributed by atoms with van der Waals surface area (Å²) in [7, 11) is 0. The Morgan fingerprint density at radius 3 is 3.00 bits per heavy atom. The number of anilines is 1. The van der Waals surface area contributed by atoms with E-state index >= 15 is 0 Å². The number of aliphatic imine (C=N–C) groups is 1. The molecule has 1 aromatic rings. The van der Waals surface area contributed by atoms with E-state index in [4.69, 9.17) is 4.74 Å². The summed E-state index contributed by atoms with van der Waals surface area (Å²) < 4.78 is 5.50. The first kappa shape index (κ1) is 10.6. The Bertz CT molecular complexity index is 454. The van der Waals surface area contributed by atoms with Gasteiger partial charge in [0.1, 0.15) is 6.61 Å². The minimum Gasteiger partial charge on any atom is -0.463 e.